The van der Waals surface area contributed by atoms with Gasteiger partial charge in [0, 0.05) is 10.3 Å². The molecule has 0 radical (unpaired) electrons. The fourth-order valence-electron chi connectivity index (χ4n) is 4.01. The van der Waals surface area contributed by atoms with Gasteiger partial charge < -0.3 is 30.6 Å². The molecule has 16 heteroatoms. The predicted octanol–water partition coefficient (Wildman–Crippen LogP) is 2.36. The minimum Gasteiger partial charge on any atom is -0.427 e. The van der Waals surface area contributed by atoms with Gasteiger partial charge >= 0.3 is 11.9 Å². The summed E-state index contributed by atoms with van der Waals surface area (Å²) in [6.45, 7) is 5.97. The molecule has 2 aromatic rings. The van der Waals surface area contributed by atoms with Crippen molar-refractivity contribution in [1.29, 1.82) is 0 Å². The largest absolute Gasteiger partial charge is 0.427 e. The molecule has 3 atom stereocenters. The lowest BCUT2D eigenvalue weighted by atomic mass is 9.81. The molecule has 0 bridgehead atoms. The van der Waals surface area contributed by atoms with Crippen molar-refractivity contribution in [3.8, 4) is 0 Å². The number of nitrogen functional groups attached to an aromatic ring is 1. The Labute approximate surface area is 241 Å². The number of oxime groups is 1. The highest BCUT2D eigenvalue weighted by Crippen LogP contribution is 2.49. The Kier molecular flexibility index (Phi) is 8.51. The van der Waals surface area contributed by atoms with Gasteiger partial charge in [-0.05, 0) is 33.8 Å². The van der Waals surface area contributed by atoms with Gasteiger partial charge in [0.1, 0.15) is 11.2 Å². The smallest absolute Gasteiger partial charge is 0.329 e. The van der Waals surface area contributed by atoms with Crippen molar-refractivity contribution in [2.24, 2.45) is 16.0 Å². The number of ether oxygens (including phenoxy) is 2. The monoisotopic (exact) mass is 608 g/mol. The van der Waals surface area contributed by atoms with Gasteiger partial charge in [-0.15, -0.1) is 22.7 Å². The molecule has 0 saturated carbocycles. The summed E-state index contributed by atoms with van der Waals surface area (Å²) in [5.41, 5.74) is 5.55. The highest BCUT2D eigenvalue weighted by molar-refractivity contribution is 8.14. The number of thioether (sulfide) groups is 1. The average molecular weight is 609 g/mol. The topological polar surface area (TPSA) is 186 Å². The first kappa shape index (κ1) is 29.5. The number of rotatable bonds is 8. The predicted molar refractivity (Wildman–Crippen MR) is 149 cm³/mol. The number of aromatic nitrogens is 2. The number of hydrogen-bond acceptors (Lipinski definition) is 14. The number of hydrogen-bond donors (Lipinski definition) is 3. The summed E-state index contributed by atoms with van der Waals surface area (Å²) in [4.78, 5) is 62.5. The maximum absolute atomic E-state index is 13.9. The Morgan fingerprint density at radius 1 is 1.32 bits per heavy atom. The van der Waals surface area contributed by atoms with Crippen molar-refractivity contribution in [3.05, 3.63) is 33.2 Å². The maximum Gasteiger partial charge on any atom is 0.329 e. The van der Waals surface area contributed by atoms with E-state index in [1.807, 2.05) is 0 Å². The first-order chi connectivity index (χ1) is 18.9. The second kappa shape index (κ2) is 11.5. The van der Waals surface area contributed by atoms with Crippen LogP contribution in [-0.4, -0.2) is 67.2 Å². The maximum atomic E-state index is 13.9. The van der Waals surface area contributed by atoms with Gasteiger partial charge in [0.2, 0.25) is 18.6 Å². The number of nitrogens with zero attached hydrogens (tertiary/aromatic N) is 4. The summed E-state index contributed by atoms with van der Waals surface area (Å²) < 4.78 is 10.5. The Bertz CT molecular complexity index is 1380. The third-order valence-electron chi connectivity index (χ3n) is 6.17. The van der Waals surface area contributed by atoms with Crippen LogP contribution in [0.2, 0.25) is 0 Å². The van der Waals surface area contributed by atoms with Crippen molar-refractivity contribution in [2.45, 2.75) is 52.1 Å². The molecule has 2 unspecified atom stereocenters. The number of carbonyl (C=O) groups is 4. The number of anilines is 1. The molecule has 2 amide bonds. The summed E-state index contributed by atoms with van der Waals surface area (Å²) in [6, 6.07) is 0. The van der Waals surface area contributed by atoms with Gasteiger partial charge in [0.05, 0.1) is 40.5 Å². The number of thiazole rings is 2. The summed E-state index contributed by atoms with van der Waals surface area (Å²) in [7, 11) is 0. The quantitative estimate of drug-likeness (QED) is 0.131. The van der Waals surface area contributed by atoms with Gasteiger partial charge in [0.25, 0.3) is 0 Å². The van der Waals surface area contributed by atoms with E-state index >= 15 is 0 Å². The number of carbonyl (C=O) groups excluding carboxylic acids is 4. The highest BCUT2D eigenvalue weighted by Gasteiger charge is 2.63. The normalized spacial score (nSPS) is 23.6. The van der Waals surface area contributed by atoms with E-state index in [4.69, 9.17) is 15.2 Å². The molecule has 2 aromatic heterocycles. The Hall–Kier alpha value is -3.50. The second-order valence-corrected chi connectivity index (χ2v) is 13.0. The van der Waals surface area contributed by atoms with E-state index in [0.29, 0.717) is 16.3 Å². The minimum absolute atomic E-state index is 0.102. The van der Waals surface area contributed by atoms with Gasteiger partial charge in [-0.1, -0.05) is 23.0 Å². The Morgan fingerprint density at radius 3 is 2.65 bits per heavy atom. The standard InChI is InChI=1S/C24H28N6O7S3/c1-12-14(39-10-26-12)5-6-24(21(34)37-11-36-20(33)23(2,3)4)18(28-15(31)7-13-9-38-22(25)27-13)30-16(32)8-17(30)40-19(24)29-35/h5-6,9-10,17-18,35H,7-8,11H2,1-4H3,(H2,25,27)(H,28,31)/t17-,18?,24?/m1/s1. The van der Waals surface area contributed by atoms with Crippen LogP contribution in [0.15, 0.2) is 22.1 Å². The van der Waals surface area contributed by atoms with Gasteiger partial charge in [-0.25, -0.2) is 9.97 Å². The zero-order chi connectivity index (χ0) is 29.2. The summed E-state index contributed by atoms with van der Waals surface area (Å²) >= 11 is 3.47. The molecule has 0 aliphatic carbocycles. The third-order valence-corrected chi connectivity index (χ3v) is 9.10. The molecule has 40 heavy (non-hydrogen) atoms. The van der Waals surface area contributed by atoms with Crippen molar-refractivity contribution in [3.63, 3.8) is 0 Å². The second-order valence-electron chi connectivity index (χ2n) is 10.0. The molecule has 0 spiro atoms. The van der Waals surface area contributed by atoms with Crippen LogP contribution < -0.4 is 11.1 Å². The summed E-state index contributed by atoms with van der Waals surface area (Å²) in [5, 5.41) is 17.6. The van der Waals surface area contributed by atoms with Crippen LogP contribution >= 0.6 is 34.4 Å². The van der Waals surface area contributed by atoms with Crippen LogP contribution in [0, 0.1) is 17.8 Å². The lowest BCUT2D eigenvalue weighted by Gasteiger charge is -2.54. The van der Waals surface area contributed by atoms with Crippen molar-refractivity contribution < 1.29 is 33.9 Å². The minimum atomic E-state index is -1.99. The number of esters is 2. The van der Waals surface area contributed by atoms with Crippen LogP contribution in [0.25, 0.3) is 6.08 Å². The summed E-state index contributed by atoms with van der Waals surface area (Å²) in [5.74, 6) is -2.49. The SMILES string of the molecule is Cc1ncsc1C=CC1(C(=O)OCOC(=O)C(C)(C)C)C(=NO)S[C@@H]2CC(=O)N2C1NC(=O)Cc1csc(N)n1. The number of β-lactam (4-membered cyclic amide) rings is 1. The van der Waals surface area contributed by atoms with Crippen LogP contribution in [-0.2, 0) is 35.1 Å². The van der Waals surface area contributed by atoms with Crippen molar-refractivity contribution in [2.75, 3.05) is 12.5 Å². The van der Waals surface area contributed by atoms with E-state index in [-0.39, 0.29) is 28.9 Å². The molecule has 2 saturated heterocycles. The van der Waals surface area contributed by atoms with E-state index < -0.39 is 47.0 Å². The van der Waals surface area contributed by atoms with Crippen LogP contribution in [0.4, 0.5) is 5.13 Å². The highest BCUT2D eigenvalue weighted by atomic mass is 32.2. The first-order valence-electron chi connectivity index (χ1n) is 12.0. The molecule has 4 rings (SSSR count). The molecule has 2 fully saturated rings. The molecule has 4 N–H and O–H groups in total. The third kappa shape index (κ3) is 5.83. The van der Waals surface area contributed by atoms with Crippen LogP contribution in [0.1, 0.15) is 43.5 Å². The molecular formula is C24H28N6O7S3. The fraction of sp³-hybridized carbons (Fsp3) is 0.458. The van der Waals surface area contributed by atoms with Gasteiger partial charge in [0.15, 0.2) is 10.5 Å². The molecule has 0 aromatic carbocycles. The lowest BCUT2D eigenvalue weighted by molar-refractivity contribution is -0.179. The first-order valence-corrected chi connectivity index (χ1v) is 14.6. The number of amides is 2. The van der Waals surface area contributed by atoms with Crippen molar-refractivity contribution in [1.82, 2.24) is 20.2 Å². The van der Waals surface area contributed by atoms with Gasteiger partial charge in [-0.3, -0.25) is 19.2 Å². The van der Waals surface area contributed by atoms with Gasteiger partial charge in [-0.2, -0.15) is 0 Å². The van der Waals surface area contributed by atoms with E-state index in [0.717, 1.165) is 11.8 Å². The molecule has 4 heterocycles. The average Bonchev–Trinajstić information content (AvgIpc) is 3.48. The molecule has 2 aliphatic heterocycles. The molecule has 2 aliphatic rings. The van der Waals surface area contributed by atoms with Crippen molar-refractivity contribution >= 4 is 74.4 Å². The molecule has 214 valence electrons. The summed E-state index contributed by atoms with van der Waals surface area (Å²) in [6.07, 6.45) is 1.61. The number of nitrogens with one attached hydrogen (secondary N) is 1. The zero-order valence-corrected chi connectivity index (χ0v) is 24.5. The van der Waals surface area contributed by atoms with E-state index in [9.17, 15) is 24.4 Å². The van der Waals surface area contributed by atoms with E-state index in [1.165, 1.54) is 33.6 Å². The van der Waals surface area contributed by atoms with E-state index in [2.05, 4.69) is 20.4 Å². The molecule has 13 nitrogen and oxygen atoms in total. The molecular weight excluding hydrogens is 581 g/mol. The Balaban J connectivity index is 1.73. The number of aryl methyl sites for hydroxylation is 1. The zero-order valence-electron chi connectivity index (χ0n) is 22.1. The van der Waals surface area contributed by atoms with Crippen LogP contribution in [0.5, 0.6) is 0 Å². The number of nitrogens with two attached hydrogens (primary N) is 1. The lowest BCUT2D eigenvalue weighted by Crippen LogP contribution is -2.73. The number of fused-ring (bicyclic) bond motifs is 1. The van der Waals surface area contributed by atoms with E-state index in [1.54, 1.807) is 44.7 Å². The Morgan fingerprint density at radius 2 is 2.08 bits per heavy atom. The fourth-order valence-corrected chi connectivity index (χ4v) is 6.61. The van der Waals surface area contributed by atoms with Crippen LogP contribution in [0.3, 0.4) is 0 Å².